The lowest BCUT2D eigenvalue weighted by Gasteiger charge is -2.00. The zero-order valence-electron chi connectivity index (χ0n) is 7.38. The molecule has 0 unspecified atom stereocenters. The number of thiophene rings is 1. The Morgan fingerprint density at radius 1 is 1.64 bits per heavy atom. The van der Waals surface area contributed by atoms with Crippen LogP contribution in [-0.4, -0.2) is 19.4 Å². The number of hydrogen-bond acceptors (Lipinski definition) is 3. The topological polar surface area (TPSA) is 46.2 Å². The molecule has 3 nitrogen and oxygen atoms in total. The molecule has 1 rings (SSSR count). The number of halogens is 2. The van der Waals surface area contributed by atoms with Gasteiger partial charge in [-0.1, -0.05) is 22.6 Å². The normalized spacial score (nSPS) is 11.9. The fourth-order valence-corrected chi connectivity index (χ4v) is 4.75. The number of rotatable bonds is 4. The molecule has 1 heterocycles. The van der Waals surface area contributed by atoms with Gasteiger partial charge in [0.1, 0.15) is 4.21 Å². The van der Waals surface area contributed by atoms with E-state index in [4.69, 9.17) is 0 Å². The van der Waals surface area contributed by atoms with Gasteiger partial charge in [0.25, 0.3) is 0 Å². The first-order valence-electron chi connectivity index (χ1n) is 3.79. The summed E-state index contributed by atoms with van der Waals surface area (Å²) in [5.74, 6) is 0. The van der Waals surface area contributed by atoms with Gasteiger partial charge in [-0.15, -0.1) is 11.3 Å². The largest absolute Gasteiger partial charge is 0.250 e. The highest BCUT2D eigenvalue weighted by atomic mass is 127. The quantitative estimate of drug-likeness (QED) is 0.613. The van der Waals surface area contributed by atoms with Gasteiger partial charge >= 0.3 is 0 Å². The highest BCUT2D eigenvalue weighted by Crippen LogP contribution is 2.30. The van der Waals surface area contributed by atoms with Crippen LogP contribution in [0.3, 0.4) is 0 Å². The van der Waals surface area contributed by atoms with Crippen molar-refractivity contribution in [1.29, 1.82) is 0 Å². The molecule has 1 aromatic heterocycles. The molecule has 0 radical (unpaired) electrons. The molecule has 1 N–H and O–H groups in total. The van der Waals surface area contributed by atoms with Crippen LogP contribution in [0.15, 0.2) is 14.1 Å². The lowest BCUT2D eigenvalue weighted by Crippen LogP contribution is -2.24. The number of nitrogens with one attached hydrogen (secondary N) is 1. The summed E-state index contributed by atoms with van der Waals surface area (Å²) in [7, 11) is -3.29. The van der Waals surface area contributed by atoms with Gasteiger partial charge in [-0.25, -0.2) is 13.1 Å². The summed E-state index contributed by atoms with van der Waals surface area (Å²) < 4.78 is 27.8. The minimum Gasteiger partial charge on any atom is -0.210 e. The molecule has 0 saturated heterocycles. The number of sulfonamides is 1. The monoisotopic (exact) mass is 409 g/mol. The van der Waals surface area contributed by atoms with E-state index in [1.54, 1.807) is 6.07 Å². The summed E-state index contributed by atoms with van der Waals surface area (Å²) in [6.07, 6.45) is 0. The maximum Gasteiger partial charge on any atom is 0.250 e. The molecular weight excluding hydrogens is 401 g/mol. The SMILES string of the molecule is Cc1cc(S(=O)(=O)NCCI)sc1Br. The fourth-order valence-electron chi connectivity index (χ4n) is 0.808. The van der Waals surface area contributed by atoms with Gasteiger partial charge in [-0.2, -0.15) is 0 Å². The first kappa shape index (κ1) is 12.9. The number of hydrogen-bond donors (Lipinski definition) is 1. The summed E-state index contributed by atoms with van der Waals surface area (Å²) >= 11 is 6.66. The van der Waals surface area contributed by atoms with Crippen molar-refractivity contribution in [2.75, 3.05) is 11.0 Å². The van der Waals surface area contributed by atoms with Crippen molar-refractivity contribution >= 4 is 59.9 Å². The van der Waals surface area contributed by atoms with Crippen molar-refractivity contribution < 1.29 is 8.42 Å². The lowest BCUT2D eigenvalue weighted by molar-refractivity contribution is 0.586. The van der Waals surface area contributed by atoms with Gasteiger partial charge in [0.2, 0.25) is 10.0 Å². The van der Waals surface area contributed by atoms with Crippen molar-refractivity contribution in [3.63, 3.8) is 0 Å². The Morgan fingerprint density at radius 2 is 2.29 bits per heavy atom. The van der Waals surface area contributed by atoms with Crippen LogP contribution in [-0.2, 0) is 10.0 Å². The van der Waals surface area contributed by atoms with Crippen molar-refractivity contribution in [3.8, 4) is 0 Å². The van der Waals surface area contributed by atoms with Gasteiger partial charge in [0.15, 0.2) is 0 Å². The molecule has 0 aliphatic heterocycles. The van der Waals surface area contributed by atoms with Gasteiger partial charge in [0, 0.05) is 11.0 Å². The van der Waals surface area contributed by atoms with Crippen molar-refractivity contribution in [3.05, 3.63) is 15.4 Å². The summed E-state index contributed by atoms with van der Waals surface area (Å²) in [6.45, 7) is 2.34. The average Bonchev–Trinajstić information content (AvgIpc) is 2.45. The van der Waals surface area contributed by atoms with Crippen LogP contribution in [0.2, 0.25) is 0 Å². The Balaban J connectivity index is 2.93. The van der Waals surface area contributed by atoms with Crippen LogP contribution >= 0.6 is 49.9 Å². The van der Waals surface area contributed by atoms with Crippen LogP contribution in [0, 0.1) is 6.92 Å². The molecule has 7 heteroatoms. The van der Waals surface area contributed by atoms with E-state index >= 15 is 0 Å². The van der Waals surface area contributed by atoms with E-state index in [0.29, 0.717) is 10.8 Å². The molecule has 0 aliphatic carbocycles. The van der Waals surface area contributed by atoms with Gasteiger partial charge < -0.3 is 0 Å². The third-order valence-electron chi connectivity index (χ3n) is 1.49. The molecular formula is C7H9BrINO2S2. The maximum atomic E-state index is 11.6. The molecule has 0 spiro atoms. The van der Waals surface area contributed by atoms with Crippen LogP contribution in [0.25, 0.3) is 0 Å². The fraction of sp³-hybridized carbons (Fsp3) is 0.429. The van der Waals surface area contributed by atoms with E-state index in [2.05, 4.69) is 43.2 Å². The Kier molecular flexibility index (Phi) is 4.82. The van der Waals surface area contributed by atoms with Crippen molar-refractivity contribution in [2.24, 2.45) is 0 Å². The Morgan fingerprint density at radius 3 is 2.71 bits per heavy atom. The lowest BCUT2D eigenvalue weighted by atomic mass is 10.4. The predicted octanol–water partition coefficient (Wildman–Crippen LogP) is 2.53. The van der Waals surface area contributed by atoms with Crippen LogP contribution in [0.5, 0.6) is 0 Å². The van der Waals surface area contributed by atoms with E-state index in [0.717, 1.165) is 13.8 Å². The number of aryl methyl sites for hydroxylation is 1. The van der Waals surface area contributed by atoms with E-state index in [9.17, 15) is 8.42 Å². The summed E-state index contributed by atoms with van der Waals surface area (Å²) in [4.78, 5) is 0. The van der Waals surface area contributed by atoms with Gasteiger partial charge in [-0.3, -0.25) is 0 Å². The van der Waals surface area contributed by atoms with Crippen LogP contribution < -0.4 is 4.72 Å². The standard InChI is InChI=1S/C7H9BrINO2S2/c1-5-4-6(13-7(5)8)14(11,12)10-3-2-9/h4,10H,2-3H2,1H3. The third-order valence-corrected chi connectivity index (χ3v) is 6.10. The molecule has 0 saturated carbocycles. The minimum atomic E-state index is -3.29. The van der Waals surface area contributed by atoms with Crippen molar-refractivity contribution in [1.82, 2.24) is 4.72 Å². The Labute approximate surface area is 110 Å². The molecule has 14 heavy (non-hydrogen) atoms. The molecule has 1 aromatic rings. The summed E-state index contributed by atoms with van der Waals surface area (Å²) in [6, 6.07) is 1.67. The minimum absolute atomic E-state index is 0.367. The zero-order chi connectivity index (χ0) is 10.8. The molecule has 0 atom stereocenters. The maximum absolute atomic E-state index is 11.6. The second kappa shape index (κ2) is 5.24. The molecule has 0 aromatic carbocycles. The predicted molar refractivity (Wildman–Crippen MR) is 70.8 cm³/mol. The first-order chi connectivity index (χ1) is 6.47. The first-order valence-corrected chi connectivity index (χ1v) is 8.41. The molecule has 0 bridgehead atoms. The summed E-state index contributed by atoms with van der Waals surface area (Å²) in [5, 5.41) is 0. The summed E-state index contributed by atoms with van der Waals surface area (Å²) in [5.41, 5.74) is 0.949. The molecule has 80 valence electrons. The van der Waals surface area contributed by atoms with Crippen LogP contribution in [0.1, 0.15) is 5.56 Å². The average molecular weight is 410 g/mol. The van der Waals surface area contributed by atoms with Gasteiger partial charge in [-0.05, 0) is 34.5 Å². The number of alkyl halides is 1. The van der Waals surface area contributed by atoms with Gasteiger partial charge in [0.05, 0.1) is 3.79 Å². The van der Waals surface area contributed by atoms with E-state index in [-0.39, 0.29) is 0 Å². The Hall–Kier alpha value is 0.820. The van der Waals surface area contributed by atoms with Crippen molar-refractivity contribution in [2.45, 2.75) is 11.1 Å². The van der Waals surface area contributed by atoms with E-state index in [1.165, 1.54) is 11.3 Å². The molecule has 0 fully saturated rings. The zero-order valence-corrected chi connectivity index (χ0v) is 12.8. The Bertz CT molecular complexity index is 396. The van der Waals surface area contributed by atoms with Crippen LogP contribution in [0.4, 0.5) is 0 Å². The second-order valence-corrected chi connectivity index (χ2v) is 8.05. The molecule has 0 aliphatic rings. The highest BCUT2D eigenvalue weighted by Gasteiger charge is 2.17. The smallest absolute Gasteiger partial charge is 0.210 e. The molecule has 0 amide bonds. The third kappa shape index (κ3) is 3.16. The second-order valence-electron chi connectivity index (χ2n) is 2.61. The van der Waals surface area contributed by atoms with E-state index < -0.39 is 10.0 Å². The van der Waals surface area contributed by atoms with E-state index in [1.807, 2.05) is 6.92 Å². The highest BCUT2D eigenvalue weighted by molar-refractivity contribution is 14.1.